The predicted molar refractivity (Wildman–Crippen MR) is 170 cm³/mol. The van der Waals surface area contributed by atoms with Gasteiger partial charge in [0.1, 0.15) is 17.8 Å². The quantitative estimate of drug-likeness (QED) is 0.263. The van der Waals surface area contributed by atoms with Crippen molar-refractivity contribution in [3.63, 3.8) is 0 Å². The number of nitriles is 1. The number of oxazole rings is 1. The Labute approximate surface area is 268 Å². The molecule has 0 spiro atoms. The van der Waals surface area contributed by atoms with Gasteiger partial charge in [0.25, 0.3) is 15.9 Å². The lowest BCUT2D eigenvalue weighted by molar-refractivity contribution is -0.127. The first-order chi connectivity index (χ1) is 22.1. The minimum Gasteiger partial charge on any atom is -0.497 e. The van der Waals surface area contributed by atoms with Gasteiger partial charge in [-0.1, -0.05) is 19.9 Å². The van der Waals surface area contributed by atoms with Gasteiger partial charge in [0.15, 0.2) is 5.54 Å². The van der Waals surface area contributed by atoms with Gasteiger partial charge in [-0.05, 0) is 78.9 Å². The van der Waals surface area contributed by atoms with E-state index >= 15 is 4.79 Å². The van der Waals surface area contributed by atoms with E-state index in [-0.39, 0.29) is 28.1 Å². The number of nitrogens with zero attached hydrogens (tertiary/aromatic N) is 4. The Bertz CT molecular complexity index is 1920. The van der Waals surface area contributed by atoms with E-state index in [4.69, 9.17) is 19.6 Å². The highest BCUT2D eigenvalue weighted by Crippen LogP contribution is 2.56. The zero-order valence-corrected chi connectivity index (χ0v) is 26.8. The minimum absolute atomic E-state index is 0.0627. The first-order valence-corrected chi connectivity index (χ1v) is 16.4. The highest BCUT2D eigenvalue weighted by Gasteiger charge is 2.63. The van der Waals surface area contributed by atoms with Crippen LogP contribution in [0.3, 0.4) is 0 Å². The smallest absolute Gasteiger partial charge is 0.271 e. The molecule has 4 aromatic rings. The molecule has 0 bridgehead atoms. The number of hydrogen-bond acceptors (Lipinski definition) is 10. The number of anilines is 1. The molecular formula is C34H35N5O6S. The van der Waals surface area contributed by atoms with Crippen molar-refractivity contribution in [2.24, 2.45) is 11.7 Å². The third-order valence-corrected chi connectivity index (χ3v) is 10.7. The molecule has 12 heteroatoms. The largest absolute Gasteiger partial charge is 0.497 e. The van der Waals surface area contributed by atoms with Crippen LogP contribution in [0, 0.1) is 17.2 Å². The van der Waals surface area contributed by atoms with Crippen LogP contribution in [0.4, 0.5) is 5.69 Å². The zero-order chi connectivity index (χ0) is 32.8. The molecule has 238 valence electrons. The molecule has 1 aromatic heterocycles. The van der Waals surface area contributed by atoms with E-state index < -0.39 is 27.5 Å². The number of hydrogen-bond donors (Lipinski definition) is 1. The first kappa shape index (κ1) is 31.3. The topological polar surface area (TPSA) is 152 Å². The molecule has 46 heavy (non-hydrogen) atoms. The van der Waals surface area contributed by atoms with E-state index in [1.165, 1.54) is 56.9 Å². The lowest BCUT2D eigenvalue weighted by Crippen LogP contribution is -2.54. The normalized spacial score (nSPS) is 20.5. The Morgan fingerprint density at radius 1 is 1.07 bits per heavy atom. The summed E-state index contributed by atoms with van der Waals surface area (Å²) in [5.74, 6) is 0.554. The van der Waals surface area contributed by atoms with Gasteiger partial charge in [0.2, 0.25) is 5.89 Å². The van der Waals surface area contributed by atoms with Crippen LogP contribution in [0.5, 0.6) is 11.5 Å². The van der Waals surface area contributed by atoms with Crippen LogP contribution in [0.25, 0.3) is 0 Å². The molecule has 2 aliphatic rings. The van der Waals surface area contributed by atoms with Gasteiger partial charge in [-0.2, -0.15) is 5.26 Å². The number of likely N-dealkylation sites (tertiary alicyclic amines) is 1. The molecule has 1 fully saturated rings. The molecule has 2 unspecified atom stereocenters. The monoisotopic (exact) mass is 641 g/mol. The summed E-state index contributed by atoms with van der Waals surface area (Å²) in [5, 5.41) is 10.0. The number of methoxy groups -OCH3 is 2. The van der Waals surface area contributed by atoms with Gasteiger partial charge in [0.05, 0.1) is 48.7 Å². The Morgan fingerprint density at radius 2 is 1.83 bits per heavy atom. The summed E-state index contributed by atoms with van der Waals surface area (Å²) in [4.78, 5) is 21.7. The van der Waals surface area contributed by atoms with E-state index in [1.54, 1.807) is 18.3 Å². The van der Waals surface area contributed by atoms with Crippen molar-refractivity contribution < 1.29 is 27.1 Å². The molecular weight excluding hydrogens is 606 g/mol. The summed E-state index contributed by atoms with van der Waals surface area (Å²) in [6, 6.07) is 17.2. The van der Waals surface area contributed by atoms with Gasteiger partial charge in [-0.25, -0.2) is 17.7 Å². The van der Waals surface area contributed by atoms with E-state index in [0.717, 1.165) is 9.87 Å². The third-order valence-electron chi connectivity index (χ3n) is 8.96. The highest BCUT2D eigenvalue weighted by molar-refractivity contribution is 7.93. The average Bonchev–Trinajstić information content (AvgIpc) is 3.82. The number of carbonyl (C=O) groups is 1. The molecule has 3 atom stereocenters. The molecule has 6 rings (SSSR count). The highest BCUT2D eigenvalue weighted by atomic mass is 32.2. The number of ether oxygens (including phenoxy) is 2. The maximum absolute atomic E-state index is 15.5. The van der Waals surface area contributed by atoms with Crippen molar-refractivity contribution in [2.45, 2.75) is 49.2 Å². The van der Waals surface area contributed by atoms with Crippen LogP contribution in [0.15, 0.2) is 82.4 Å². The number of aromatic nitrogens is 1. The summed E-state index contributed by atoms with van der Waals surface area (Å²) < 4.78 is 46.8. The minimum atomic E-state index is -4.47. The van der Waals surface area contributed by atoms with Crippen molar-refractivity contribution in [2.75, 3.05) is 25.1 Å². The van der Waals surface area contributed by atoms with Gasteiger partial charge in [-0.15, -0.1) is 0 Å². The molecule has 3 aromatic carbocycles. The SMILES string of the molecule is COc1ccc(S(=O)(=O)N2C(=O)C(c3cc(C(N)C(C)C)ccc3OC)(N3CCC[C@H]3c3ncco3)c3cc(C#N)ccc32)cc1. The summed E-state index contributed by atoms with van der Waals surface area (Å²) in [7, 11) is -1.49. The number of rotatable bonds is 9. The van der Waals surface area contributed by atoms with Gasteiger partial charge >= 0.3 is 0 Å². The van der Waals surface area contributed by atoms with Gasteiger partial charge < -0.3 is 19.6 Å². The first-order valence-electron chi connectivity index (χ1n) is 15.0. The number of sulfonamides is 1. The molecule has 1 saturated heterocycles. The second kappa shape index (κ2) is 11.9. The fourth-order valence-corrected chi connectivity index (χ4v) is 8.11. The summed E-state index contributed by atoms with van der Waals surface area (Å²) in [5.41, 5.74) is 6.77. The number of amides is 1. The number of benzene rings is 3. The Kier molecular flexibility index (Phi) is 8.10. The Hall–Kier alpha value is -4.70. The van der Waals surface area contributed by atoms with Crippen LogP contribution in [0.1, 0.15) is 66.9 Å². The van der Waals surface area contributed by atoms with Crippen molar-refractivity contribution in [1.82, 2.24) is 9.88 Å². The predicted octanol–water partition coefficient (Wildman–Crippen LogP) is 5.04. The van der Waals surface area contributed by atoms with Crippen LogP contribution in [0.2, 0.25) is 0 Å². The van der Waals surface area contributed by atoms with Crippen molar-refractivity contribution in [3.05, 3.63) is 101 Å². The van der Waals surface area contributed by atoms with Crippen LogP contribution < -0.4 is 19.5 Å². The molecule has 2 aliphatic heterocycles. The average molecular weight is 642 g/mol. The zero-order valence-electron chi connectivity index (χ0n) is 26.0. The second-order valence-electron chi connectivity index (χ2n) is 11.8. The van der Waals surface area contributed by atoms with E-state index in [0.29, 0.717) is 47.9 Å². The van der Waals surface area contributed by atoms with Crippen LogP contribution in [-0.2, 0) is 20.4 Å². The van der Waals surface area contributed by atoms with Crippen molar-refractivity contribution in [1.29, 1.82) is 5.26 Å². The number of carbonyl (C=O) groups excluding carboxylic acids is 1. The molecule has 11 nitrogen and oxygen atoms in total. The summed E-state index contributed by atoms with van der Waals surface area (Å²) >= 11 is 0. The van der Waals surface area contributed by atoms with Gasteiger partial charge in [-0.3, -0.25) is 9.69 Å². The molecule has 0 saturated carbocycles. The number of nitrogens with two attached hydrogens (primary N) is 1. The fourth-order valence-electron chi connectivity index (χ4n) is 6.65. The maximum atomic E-state index is 15.5. The lowest BCUT2D eigenvalue weighted by atomic mass is 9.79. The molecule has 1 amide bonds. The molecule has 2 N–H and O–H groups in total. The molecule has 3 heterocycles. The number of fused-ring (bicyclic) bond motifs is 1. The summed E-state index contributed by atoms with van der Waals surface area (Å²) in [6.07, 6.45) is 4.29. The van der Waals surface area contributed by atoms with Crippen molar-refractivity contribution in [3.8, 4) is 17.6 Å². The summed E-state index contributed by atoms with van der Waals surface area (Å²) in [6.45, 7) is 4.40. The van der Waals surface area contributed by atoms with E-state index in [9.17, 15) is 13.7 Å². The van der Waals surface area contributed by atoms with E-state index in [2.05, 4.69) is 11.1 Å². The maximum Gasteiger partial charge on any atom is 0.271 e. The van der Waals surface area contributed by atoms with Crippen LogP contribution >= 0.6 is 0 Å². The lowest BCUT2D eigenvalue weighted by Gasteiger charge is -2.41. The Balaban J connectivity index is 1.70. The standard InChI is InChI=1S/C34H35N5O6S/c1-21(2)31(36)23-8-14-30(44-4)27(19-23)34(38-16-5-6-29(38)32-37-15-17-45-32)26-18-22(20-35)7-13-28(26)39(33(34)40)46(41,42)25-11-9-24(43-3)10-12-25/h7-15,17-19,21,29,31H,5-6,16,36H2,1-4H3/t29-,31?,34?/m0/s1. The Morgan fingerprint density at radius 3 is 2.46 bits per heavy atom. The van der Waals surface area contributed by atoms with Crippen LogP contribution in [-0.4, -0.2) is 45.0 Å². The third kappa shape index (κ3) is 4.74. The fraction of sp³-hybridized carbons (Fsp3) is 0.324. The van der Waals surface area contributed by atoms with E-state index in [1.807, 2.05) is 30.9 Å². The molecule has 0 aliphatic carbocycles. The van der Waals surface area contributed by atoms with Gasteiger partial charge in [0, 0.05) is 23.7 Å². The second-order valence-corrected chi connectivity index (χ2v) is 13.5. The van der Waals surface area contributed by atoms with Crippen molar-refractivity contribution >= 4 is 21.6 Å². The molecule has 0 radical (unpaired) electrons.